The highest BCUT2D eigenvalue weighted by molar-refractivity contribution is 6.07. The Bertz CT molecular complexity index is 743. The molecule has 1 heterocycles. The van der Waals surface area contributed by atoms with Crippen LogP contribution in [0.3, 0.4) is 0 Å². The van der Waals surface area contributed by atoms with E-state index in [1.54, 1.807) is 12.1 Å². The van der Waals surface area contributed by atoms with Gasteiger partial charge in [0.1, 0.15) is 11.6 Å². The van der Waals surface area contributed by atoms with E-state index in [1.165, 1.54) is 19.1 Å². The third-order valence-electron chi connectivity index (χ3n) is 4.39. The van der Waals surface area contributed by atoms with E-state index in [2.05, 4.69) is 16.0 Å². The molecule has 1 aliphatic carbocycles. The summed E-state index contributed by atoms with van der Waals surface area (Å²) in [6.07, 6.45) is 1.56. The average Bonchev–Trinajstić information content (AvgIpc) is 3.32. The number of carbonyl (C=O) groups excluding carboxylic acids is 3. The van der Waals surface area contributed by atoms with Gasteiger partial charge in [0.25, 0.3) is 11.8 Å². The van der Waals surface area contributed by atoms with E-state index in [0.29, 0.717) is 5.56 Å². The lowest BCUT2D eigenvalue weighted by Gasteiger charge is -2.22. The summed E-state index contributed by atoms with van der Waals surface area (Å²) in [5, 5.41) is 16.4. The first-order valence-electron chi connectivity index (χ1n) is 7.59. The van der Waals surface area contributed by atoms with Crippen LogP contribution in [0.2, 0.25) is 0 Å². The molecule has 0 aromatic heterocycles. The second kappa shape index (κ2) is 5.63. The zero-order valence-corrected chi connectivity index (χ0v) is 13.0. The lowest BCUT2D eigenvalue weighted by molar-refractivity contribution is -0.139. The van der Waals surface area contributed by atoms with Crippen molar-refractivity contribution in [2.45, 2.75) is 31.3 Å². The number of urea groups is 1. The van der Waals surface area contributed by atoms with Crippen molar-refractivity contribution in [2.75, 3.05) is 0 Å². The Labute approximate surface area is 137 Å². The maximum atomic E-state index is 12.3. The van der Waals surface area contributed by atoms with Crippen LogP contribution in [-0.4, -0.2) is 35.0 Å². The molecule has 8 nitrogen and oxygen atoms in total. The standard InChI is InChI=1S/C16H17N3O5/c1-16(14(23)18-15(24)19-16)10-4-2-3-9(7-10)12(20)17-11(13(21)22)8-5-6-8/h2-4,7-8,11H,5-6H2,1H3,(H,17,20)(H,21,22)(H2,18,19,23,24). The van der Waals surface area contributed by atoms with Crippen molar-refractivity contribution in [3.63, 3.8) is 0 Å². The highest BCUT2D eigenvalue weighted by Gasteiger charge is 2.43. The van der Waals surface area contributed by atoms with Gasteiger partial charge in [-0.15, -0.1) is 0 Å². The van der Waals surface area contributed by atoms with Crippen molar-refractivity contribution in [2.24, 2.45) is 5.92 Å². The molecule has 1 aromatic carbocycles. The molecule has 4 N–H and O–H groups in total. The Morgan fingerprint density at radius 1 is 1.33 bits per heavy atom. The molecule has 0 spiro atoms. The number of amides is 4. The van der Waals surface area contributed by atoms with E-state index in [1.807, 2.05) is 0 Å². The predicted molar refractivity (Wildman–Crippen MR) is 82.1 cm³/mol. The smallest absolute Gasteiger partial charge is 0.326 e. The molecule has 0 bridgehead atoms. The fraction of sp³-hybridized carbons (Fsp3) is 0.375. The zero-order valence-electron chi connectivity index (χ0n) is 13.0. The maximum Gasteiger partial charge on any atom is 0.326 e. The maximum absolute atomic E-state index is 12.3. The number of hydrogen-bond donors (Lipinski definition) is 4. The first-order valence-corrected chi connectivity index (χ1v) is 7.59. The predicted octanol–water partition coefficient (Wildman–Crippen LogP) is 0.334. The number of carboxylic acids is 1. The molecule has 1 saturated heterocycles. The van der Waals surface area contributed by atoms with Crippen molar-refractivity contribution < 1.29 is 24.3 Å². The molecule has 1 aromatic rings. The molecule has 2 atom stereocenters. The second-order valence-electron chi connectivity index (χ2n) is 6.24. The van der Waals surface area contributed by atoms with E-state index in [9.17, 15) is 24.3 Å². The molecule has 4 amide bonds. The van der Waals surface area contributed by atoms with E-state index in [4.69, 9.17) is 0 Å². The van der Waals surface area contributed by atoms with Crippen LogP contribution in [0.25, 0.3) is 0 Å². The number of rotatable bonds is 5. The van der Waals surface area contributed by atoms with Gasteiger partial charge in [-0.3, -0.25) is 14.9 Å². The van der Waals surface area contributed by atoms with Crippen molar-refractivity contribution in [3.05, 3.63) is 35.4 Å². The summed E-state index contributed by atoms with van der Waals surface area (Å²) in [5.41, 5.74) is -0.595. The summed E-state index contributed by atoms with van der Waals surface area (Å²) in [7, 11) is 0. The molecule has 1 aliphatic heterocycles. The summed E-state index contributed by atoms with van der Waals surface area (Å²) >= 11 is 0. The molecule has 2 aliphatic rings. The number of benzene rings is 1. The monoisotopic (exact) mass is 331 g/mol. The summed E-state index contributed by atoms with van der Waals surface area (Å²) < 4.78 is 0. The third kappa shape index (κ3) is 2.82. The molecule has 0 radical (unpaired) electrons. The molecule has 2 fully saturated rings. The number of nitrogens with one attached hydrogen (secondary N) is 3. The topological polar surface area (TPSA) is 125 Å². The van der Waals surface area contributed by atoms with Crippen LogP contribution in [0.4, 0.5) is 4.79 Å². The van der Waals surface area contributed by atoms with Crippen molar-refractivity contribution >= 4 is 23.8 Å². The Balaban J connectivity index is 1.82. The SMILES string of the molecule is CC1(c2cccc(C(=O)NC(C(=O)O)C3CC3)c2)NC(=O)NC1=O. The van der Waals surface area contributed by atoms with Gasteiger partial charge in [0, 0.05) is 5.56 Å². The van der Waals surface area contributed by atoms with Crippen LogP contribution in [0, 0.1) is 5.92 Å². The van der Waals surface area contributed by atoms with Crippen LogP contribution in [0.5, 0.6) is 0 Å². The van der Waals surface area contributed by atoms with Gasteiger partial charge in [-0.1, -0.05) is 12.1 Å². The van der Waals surface area contributed by atoms with Crippen molar-refractivity contribution in [1.29, 1.82) is 0 Å². The summed E-state index contributed by atoms with van der Waals surface area (Å²) in [5.74, 6) is -2.13. The zero-order chi connectivity index (χ0) is 17.5. The number of carboxylic acid groups (broad SMARTS) is 1. The average molecular weight is 331 g/mol. The van der Waals surface area contributed by atoms with E-state index in [0.717, 1.165) is 12.8 Å². The van der Waals surface area contributed by atoms with Crippen LogP contribution in [0.1, 0.15) is 35.7 Å². The number of carbonyl (C=O) groups is 4. The highest BCUT2D eigenvalue weighted by Crippen LogP contribution is 2.33. The number of hydrogen-bond acceptors (Lipinski definition) is 4. The second-order valence-corrected chi connectivity index (χ2v) is 6.24. The Hall–Kier alpha value is -2.90. The molecule has 1 saturated carbocycles. The van der Waals surface area contributed by atoms with Gasteiger partial charge in [0.15, 0.2) is 0 Å². The fourth-order valence-corrected chi connectivity index (χ4v) is 2.75. The minimum atomic E-state index is -1.27. The van der Waals surface area contributed by atoms with E-state index >= 15 is 0 Å². The molecule has 8 heteroatoms. The minimum Gasteiger partial charge on any atom is -0.480 e. The number of aliphatic carboxylic acids is 1. The van der Waals surface area contributed by atoms with Crippen molar-refractivity contribution in [3.8, 4) is 0 Å². The van der Waals surface area contributed by atoms with E-state index in [-0.39, 0.29) is 11.5 Å². The van der Waals surface area contributed by atoms with Crippen LogP contribution in [-0.2, 0) is 15.1 Å². The summed E-state index contributed by atoms with van der Waals surface area (Å²) in [6.45, 7) is 1.54. The first-order chi connectivity index (χ1) is 11.3. The van der Waals surface area contributed by atoms with Crippen LogP contribution in [0.15, 0.2) is 24.3 Å². The summed E-state index contributed by atoms with van der Waals surface area (Å²) in [6, 6.07) is 4.70. The Morgan fingerprint density at radius 2 is 2.04 bits per heavy atom. The van der Waals surface area contributed by atoms with E-state index < -0.39 is 35.4 Å². The molecule has 3 rings (SSSR count). The summed E-state index contributed by atoms with van der Waals surface area (Å²) in [4.78, 5) is 46.9. The van der Waals surface area contributed by atoms with Crippen LogP contribution >= 0.6 is 0 Å². The van der Waals surface area contributed by atoms with Gasteiger partial charge in [-0.2, -0.15) is 0 Å². The lowest BCUT2D eigenvalue weighted by Crippen LogP contribution is -2.43. The Morgan fingerprint density at radius 3 is 2.58 bits per heavy atom. The molecule has 126 valence electrons. The number of imide groups is 1. The molecule has 24 heavy (non-hydrogen) atoms. The largest absolute Gasteiger partial charge is 0.480 e. The van der Waals surface area contributed by atoms with Crippen molar-refractivity contribution in [1.82, 2.24) is 16.0 Å². The fourth-order valence-electron chi connectivity index (χ4n) is 2.75. The van der Waals surface area contributed by atoms with Gasteiger partial charge in [-0.25, -0.2) is 9.59 Å². The van der Waals surface area contributed by atoms with Gasteiger partial charge < -0.3 is 15.7 Å². The Kier molecular flexibility index (Phi) is 3.75. The normalized spacial score (nSPS) is 24.0. The first kappa shape index (κ1) is 16.0. The van der Waals surface area contributed by atoms with Gasteiger partial charge in [0.2, 0.25) is 0 Å². The quantitative estimate of drug-likeness (QED) is 0.579. The molecular formula is C16H17N3O5. The molecule has 2 unspecified atom stereocenters. The van der Waals surface area contributed by atoms with Gasteiger partial charge in [-0.05, 0) is 43.4 Å². The highest BCUT2D eigenvalue weighted by atomic mass is 16.4. The minimum absolute atomic E-state index is 0.0351. The van der Waals surface area contributed by atoms with Gasteiger partial charge >= 0.3 is 12.0 Å². The van der Waals surface area contributed by atoms with Crippen LogP contribution < -0.4 is 16.0 Å². The molecular weight excluding hydrogens is 314 g/mol. The third-order valence-corrected chi connectivity index (χ3v) is 4.39. The van der Waals surface area contributed by atoms with Gasteiger partial charge in [0.05, 0.1) is 0 Å². The lowest BCUT2D eigenvalue weighted by atomic mass is 9.91.